The van der Waals surface area contributed by atoms with Crippen LogP contribution in [0.2, 0.25) is 0 Å². The molecule has 20 N–H and O–H groups in total. The highest BCUT2D eigenvalue weighted by Crippen LogP contribution is 2.44. The molecule has 0 saturated carbocycles. The topological polar surface area (TPSA) is 506 Å². The number of aliphatic hydroxyl groups excluding tert-OH is 20. The Bertz CT molecular complexity index is 1590. The van der Waals surface area contributed by atoms with Crippen LogP contribution >= 0.6 is 0 Å². The molecule has 6 heterocycles. The first-order chi connectivity index (χ1) is 31.6. The number of hydrogen-bond donors (Lipinski definition) is 20. The van der Waals surface area contributed by atoms with Gasteiger partial charge in [0.2, 0.25) is 28.9 Å². The van der Waals surface area contributed by atoms with E-state index in [1.807, 2.05) is 0 Å². The van der Waals surface area contributed by atoms with E-state index in [2.05, 4.69) is 0 Å². The second-order valence-corrected chi connectivity index (χ2v) is 17.1. The van der Waals surface area contributed by atoms with Gasteiger partial charge in [-0.25, -0.2) is 0 Å². The third-order valence-corrected chi connectivity index (χ3v) is 12.9. The molecule has 31 nitrogen and oxygen atoms in total. The molecule has 0 aromatic rings. The molecule has 392 valence electrons. The molecule has 0 aromatic carbocycles. The van der Waals surface area contributed by atoms with Crippen LogP contribution in [-0.4, -0.2) is 326 Å². The Morgan fingerprint density at radius 2 is 0.627 bits per heavy atom. The van der Waals surface area contributed by atoms with Gasteiger partial charge in [0.1, 0.15) is 149 Å². The molecule has 6 aliphatic rings. The minimum atomic E-state index is -3.01. The van der Waals surface area contributed by atoms with Crippen LogP contribution in [-0.2, 0) is 52.1 Å². The Morgan fingerprint density at radius 3 is 1.01 bits per heavy atom. The highest BCUT2D eigenvalue weighted by molar-refractivity contribution is 5.05. The molecule has 0 radical (unpaired) electrons. The SMILES string of the molecule is OCC1OC(OC2(COC3(COC4(CO)OC(CO)C(O)C4O)OC(CO)C(O)C3O)OC(COC3(COC4(CO)OC(CO)C(O)C4O)OC(CO)C(O)C3O)C(O)C2O)C(O)C(O)C1O. The van der Waals surface area contributed by atoms with E-state index >= 15 is 0 Å². The zero-order valence-corrected chi connectivity index (χ0v) is 35.3. The van der Waals surface area contributed by atoms with Gasteiger partial charge in [-0.3, -0.25) is 0 Å². The second-order valence-electron chi connectivity index (χ2n) is 17.1. The summed E-state index contributed by atoms with van der Waals surface area (Å²) < 4.78 is 62.3. The lowest BCUT2D eigenvalue weighted by molar-refractivity contribution is -0.406. The van der Waals surface area contributed by atoms with E-state index < -0.39 is 224 Å². The summed E-state index contributed by atoms with van der Waals surface area (Å²) >= 11 is 0. The molecule has 0 bridgehead atoms. The highest BCUT2D eigenvalue weighted by atomic mass is 16.8. The molecular weight excluding hydrogens is 928 g/mol. The van der Waals surface area contributed by atoms with E-state index in [1.54, 1.807) is 0 Å². The van der Waals surface area contributed by atoms with Crippen LogP contribution in [0.5, 0.6) is 0 Å². The Kier molecular flexibility index (Phi) is 17.6. The van der Waals surface area contributed by atoms with Crippen molar-refractivity contribution in [3.63, 3.8) is 0 Å². The molecule has 6 aliphatic heterocycles. The molecule has 0 spiro atoms. The minimum absolute atomic E-state index is 0.872. The Labute approximate surface area is 378 Å². The number of ether oxygens (including phenoxy) is 11. The normalized spacial score (nSPS) is 52.5. The van der Waals surface area contributed by atoms with Crippen molar-refractivity contribution in [2.45, 2.75) is 151 Å². The minimum Gasteiger partial charge on any atom is -0.394 e. The predicted octanol–water partition coefficient (Wildman–Crippen LogP) is -14.1. The third-order valence-electron chi connectivity index (χ3n) is 12.9. The molecule has 0 aliphatic carbocycles. The summed E-state index contributed by atoms with van der Waals surface area (Å²) in [5.41, 5.74) is 0. The van der Waals surface area contributed by atoms with Crippen molar-refractivity contribution in [3.8, 4) is 0 Å². The largest absolute Gasteiger partial charge is 0.394 e. The van der Waals surface area contributed by atoms with Crippen molar-refractivity contribution in [1.29, 1.82) is 0 Å². The van der Waals surface area contributed by atoms with Crippen molar-refractivity contribution < 1.29 is 154 Å². The lowest BCUT2D eigenvalue weighted by Gasteiger charge is -2.44. The van der Waals surface area contributed by atoms with Crippen molar-refractivity contribution >= 4 is 0 Å². The third kappa shape index (κ3) is 9.75. The Morgan fingerprint density at radius 1 is 0.313 bits per heavy atom. The Hall–Kier alpha value is -1.24. The van der Waals surface area contributed by atoms with Crippen LogP contribution in [0.3, 0.4) is 0 Å². The standard InChI is InChI=1S/C36H62O31/c37-1-12-18(44)24(50)25(51)31(61-12)67-36(11-60-35(29(55)22(48)16(5-41)65-35)10-59-33(8-43)27(53)20(46)14(3-39)63-33)30(56)23(49)17(66-36)6-57-34(28(54)21(47)15(4-40)64-34)9-58-32(7-42)26(52)19(45)13(2-38)62-32/h12-31,37-56H,1-11H2. The first-order valence-corrected chi connectivity index (χ1v) is 21.0. The highest BCUT2D eigenvalue weighted by Gasteiger charge is 2.66. The summed E-state index contributed by atoms with van der Waals surface area (Å²) in [7, 11) is 0. The zero-order valence-electron chi connectivity index (χ0n) is 35.3. The average molecular weight is 991 g/mol. The van der Waals surface area contributed by atoms with Gasteiger partial charge < -0.3 is 154 Å². The fourth-order valence-corrected chi connectivity index (χ4v) is 8.67. The fourth-order valence-electron chi connectivity index (χ4n) is 8.67. The maximum absolute atomic E-state index is 11.8. The predicted molar refractivity (Wildman–Crippen MR) is 199 cm³/mol. The molecule has 25 atom stereocenters. The molecule has 31 heteroatoms. The molecule has 6 saturated heterocycles. The van der Waals surface area contributed by atoms with Crippen LogP contribution in [0.25, 0.3) is 0 Å². The van der Waals surface area contributed by atoms with Crippen molar-refractivity contribution in [3.05, 3.63) is 0 Å². The van der Waals surface area contributed by atoms with E-state index in [9.17, 15) is 102 Å². The van der Waals surface area contributed by atoms with E-state index in [4.69, 9.17) is 52.1 Å². The maximum atomic E-state index is 11.8. The summed E-state index contributed by atoms with van der Waals surface area (Å²) in [6, 6.07) is 0. The molecular formula is C36H62O31. The van der Waals surface area contributed by atoms with Crippen molar-refractivity contribution in [2.24, 2.45) is 0 Å². The smallest absolute Gasteiger partial charge is 0.224 e. The molecule has 25 unspecified atom stereocenters. The molecule has 6 rings (SSSR count). The van der Waals surface area contributed by atoms with Gasteiger partial charge in [-0.1, -0.05) is 0 Å². The molecule has 0 amide bonds. The molecule has 67 heavy (non-hydrogen) atoms. The van der Waals surface area contributed by atoms with Crippen LogP contribution in [0.4, 0.5) is 0 Å². The number of hydrogen-bond acceptors (Lipinski definition) is 31. The lowest BCUT2D eigenvalue weighted by atomic mass is 9.99. The van der Waals surface area contributed by atoms with Crippen molar-refractivity contribution in [1.82, 2.24) is 0 Å². The summed E-state index contributed by atoms with van der Waals surface area (Å²) in [4.78, 5) is 0. The monoisotopic (exact) mass is 990 g/mol. The Balaban J connectivity index is 1.32. The van der Waals surface area contributed by atoms with E-state index in [0.717, 1.165) is 0 Å². The van der Waals surface area contributed by atoms with Gasteiger partial charge in [-0.05, 0) is 0 Å². The van der Waals surface area contributed by atoms with Crippen LogP contribution < -0.4 is 0 Å². The summed E-state index contributed by atoms with van der Waals surface area (Å²) in [5.74, 6) is -13.7. The lowest BCUT2D eigenvalue weighted by Crippen LogP contribution is -2.63. The summed E-state index contributed by atoms with van der Waals surface area (Å²) in [6.07, 6.45) is -39.7. The number of rotatable bonds is 21. The first kappa shape index (κ1) is 55.1. The maximum Gasteiger partial charge on any atom is 0.224 e. The number of aliphatic hydroxyl groups is 20. The van der Waals surface area contributed by atoms with Gasteiger partial charge in [0, 0.05) is 0 Å². The van der Waals surface area contributed by atoms with Gasteiger partial charge in [0.25, 0.3) is 0 Å². The van der Waals surface area contributed by atoms with Crippen LogP contribution in [0.1, 0.15) is 0 Å². The fraction of sp³-hybridized carbons (Fsp3) is 1.00. The second kappa shape index (κ2) is 21.5. The van der Waals surface area contributed by atoms with Gasteiger partial charge in [-0.15, -0.1) is 0 Å². The molecule has 0 aromatic heterocycles. The quantitative estimate of drug-likeness (QED) is 0.0508. The average Bonchev–Trinajstić information content (AvgIpc) is 4.00. The molecule has 6 fully saturated rings. The summed E-state index contributed by atoms with van der Waals surface area (Å²) in [5, 5.41) is 211. The van der Waals surface area contributed by atoms with Gasteiger partial charge in [-0.2, -0.15) is 0 Å². The first-order valence-electron chi connectivity index (χ1n) is 21.0. The van der Waals surface area contributed by atoms with Gasteiger partial charge in [0.15, 0.2) is 6.29 Å². The van der Waals surface area contributed by atoms with Crippen LogP contribution in [0, 0.1) is 0 Å². The van der Waals surface area contributed by atoms with E-state index in [-0.39, 0.29) is 0 Å². The van der Waals surface area contributed by atoms with E-state index in [0.29, 0.717) is 0 Å². The zero-order chi connectivity index (χ0) is 49.6. The summed E-state index contributed by atoms with van der Waals surface area (Å²) in [6.45, 7) is -12.1. The van der Waals surface area contributed by atoms with Gasteiger partial charge in [0.05, 0.1) is 39.6 Å². The van der Waals surface area contributed by atoms with E-state index in [1.165, 1.54) is 0 Å². The van der Waals surface area contributed by atoms with Gasteiger partial charge >= 0.3 is 0 Å². The van der Waals surface area contributed by atoms with Crippen molar-refractivity contribution in [2.75, 3.05) is 72.7 Å². The van der Waals surface area contributed by atoms with Crippen LogP contribution in [0.15, 0.2) is 0 Å².